The first-order chi connectivity index (χ1) is 10.8. The smallest absolute Gasteiger partial charge is 0.0453 e. The second kappa shape index (κ2) is 9.40. The van der Waals surface area contributed by atoms with Crippen molar-refractivity contribution in [2.45, 2.75) is 65.2 Å². The van der Waals surface area contributed by atoms with Crippen LogP contribution in [0.4, 0.5) is 0 Å². The Kier molecular flexibility index (Phi) is 7.15. The average molecular weight is 295 g/mol. The molecule has 0 spiro atoms. The molecule has 0 atom stereocenters. The van der Waals surface area contributed by atoms with Gasteiger partial charge in [-0.15, -0.1) is 0 Å². The summed E-state index contributed by atoms with van der Waals surface area (Å²) in [6.07, 6.45) is 12.7. The first-order valence-electron chi connectivity index (χ1n) is 8.83. The highest BCUT2D eigenvalue weighted by atomic mass is 14.7. The maximum absolute atomic E-state index is 4.49. The average Bonchev–Trinajstić information content (AvgIpc) is 2.55. The van der Waals surface area contributed by atoms with Crippen LogP contribution in [0, 0.1) is 6.92 Å². The van der Waals surface area contributed by atoms with Crippen LogP contribution < -0.4 is 0 Å². The molecule has 0 N–H and O–H groups in total. The van der Waals surface area contributed by atoms with Gasteiger partial charge >= 0.3 is 0 Å². The molecule has 22 heavy (non-hydrogen) atoms. The minimum atomic E-state index is 1.15. The quantitative estimate of drug-likeness (QED) is 0.491. The number of hydrogen-bond donors (Lipinski definition) is 0. The second-order valence-electron chi connectivity index (χ2n) is 6.17. The Balaban J connectivity index is 1.93. The van der Waals surface area contributed by atoms with E-state index in [0.29, 0.717) is 0 Å². The molecule has 2 aromatic rings. The Labute approximate surface area is 135 Å². The van der Waals surface area contributed by atoms with Crippen molar-refractivity contribution in [3.63, 3.8) is 0 Å². The summed E-state index contributed by atoms with van der Waals surface area (Å²) in [6.45, 7) is 4.40. The number of benzene rings is 1. The normalized spacial score (nSPS) is 10.8. The lowest BCUT2D eigenvalue weighted by molar-refractivity contribution is 0.589. The van der Waals surface area contributed by atoms with Crippen LogP contribution in [0.15, 0.2) is 42.6 Å². The molecular formula is C21H29N. The van der Waals surface area contributed by atoms with Gasteiger partial charge in [-0.2, -0.15) is 0 Å². The number of aryl methyl sites for hydroxylation is 2. The Morgan fingerprint density at radius 1 is 0.818 bits per heavy atom. The Morgan fingerprint density at radius 3 is 2.23 bits per heavy atom. The predicted molar refractivity (Wildman–Crippen MR) is 96.1 cm³/mol. The van der Waals surface area contributed by atoms with E-state index in [1.807, 2.05) is 6.20 Å². The molecule has 0 aliphatic carbocycles. The summed E-state index contributed by atoms with van der Waals surface area (Å²) in [6, 6.07) is 12.9. The van der Waals surface area contributed by atoms with Gasteiger partial charge in [-0.05, 0) is 37.0 Å². The van der Waals surface area contributed by atoms with Gasteiger partial charge in [-0.1, -0.05) is 75.8 Å². The standard InChI is InChI=1S/C21H29N/c1-3-4-5-6-7-8-10-15-20-16-17-22-18(2)21(20)19-13-11-9-12-14-19/h9,11-14,16-17H,3-8,10,15H2,1-2H3. The summed E-state index contributed by atoms with van der Waals surface area (Å²) in [7, 11) is 0. The van der Waals surface area contributed by atoms with E-state index in [4.69, 9.17) is 0 Å². The minimum absolute atomic E-state index is 1.15. The lowest BCUT2D eigenvalue weighted by Gasteiger charge is -2.12. The second-order valence-corrected chi connectivity index (χ2v) is 6.17. The number of nitrogens with zero attached hydrogens (tertiary/aromatic N) is 1. The summed E-state index contributed by atoms with van der Waals surface area (Å²) >= 11 is 0. The predicted octanol–water partition coefficient (Wildman–Crippen LogP) is 6.35. The first kappa shape index (κ1) is 16.7. The maximum atomic E-state index is 4.49. The highest BCUT2D eigenvalue weighted by molar-refractivity contribution is 5.69. The van der Waals surface area contributed by atoms with Gasteiger partial charge in [0.15, 0.2) is 0 Å². The van der Waals surface area contributed by atoms with Crippen molar-refractivity contribution in [3.05, 3.63) is 53.9 Å². The van der Waals surface area contributed by atoms with E-state index >= 15 is 0 Å². The molecular weight excluding hydrogens is 266 g/mol. The number of pyridine rings is 1. The molecule has 0 bridgehead atoms. The molecule has 1 aromatic carbocycles. The van der Waals surface area contributed by atoms with E-state index in [0.717, 1.165) is 5.69 Å². The maximum Gasteiger partial charge on any atom is 0.0453 e. The van der Waals surface area contributed by atoms with Crippen LogP contribution in [0.1, 0.15) is 63.1 Å². The highest BCUT2D eigenvalue weighted by Crippen LogP contribution is 2.27. The topological polar surface area (TPSA) is 12.9 Å². The van der Waals surface area contributed by atoms with Gasteiger partial charge < -0.3 is 0 Å². The monoisotopic (exact) mass is 295 g/mol. The molecule has 0 fully saturated rings. The number of aromatic nitrogens is 1. The van der Waals surface area contributed by atoms with E-state index in [1.54, 1.807) is 0 Å². The van der Waals surface area contributed by atoms with Crippen molar-refractivity contribution >= 4 is 0 Å². The highest BCUT2D eigenvalue weighted by Gasteiger charge is 2.08. The van der Waals surface area contributed by atoms with Crippen LogP contribution in [0.25, 0.3) is 11.1 Å². The summed E-state index contributed by atoms with van der Waals surface area (Å²) < 4.78 is 0. The third-order valence-corrected chi connectivity index (χ3v) is 4.34. The SMILES string of the molecule is CCCCCCCCCc1ccnc(C)c1-c1ccccc1. The molecule has 2 rings (SSSR count). The van der Waals surface area contributed by atoms with Gasteiger partial charge in [-0.3, -0.25) is 4.98 Å². The number of hydrogen-bond acceptors (Lipinski definition) is 1. The van der Waals surface area contributed by atoms with Crippen molar-refractivity contribution in [2.24, 2.45) is 0 Å². The van der Waals surface area contributed by atoms with Gasteiger partial charge in [0.2, 0.25) is 0 Å². The van der Waals surface area contributed by atoms with Crippen molar-refractivity contribution in [1.29, 1.82) is 0 Å². The Bertz CT molecular complexity index is 545. The fourth-order valence-corrected chi connectivity index (χ4v) is 3.10. The zero-order valence-electron chi connectivity index (χ0n) is 14.1. The molecule has 1 heteroatoms. The van der Waals surface area contributed by atoms with E-state index in [1.165, 1.54) is 68.1 Å². The van der Waals surface area contributed by atoms with E-state index in [2.05, 4.69) is 55.2 Å². The lowest BCUT2D eigenvalue weighted by Crippen LogP contribution is -1.96. The molecule has 0 aliphatic heterocycles. The van der Waals surface area contributed by atoms with Crippen LogP contribution in [0.3, 0.4) is 0 Å². The first-order valence-corrected chi connectivity index (χ1v) is 8.83. The van der Waals surface area contributed by atoms with E-state index < -0.39 is 0 Å². The van der Waals surface area contributed by atoms with Crippen LogP contribution in [-0.2, 0) is 6.42 Å². The van der Waals surface area contributed by atoms with Crippen molar-refractivity contribution in [2.75, 3.05) is 0 Å². The van der Waals surface area contributed by atoms with E-state index in [-0.39, 0.29) is 0 Å². The Morgan fingerprint density at radius 2 is 1.50 bits per heavy atom. The molecule has 0 saturated heterocycles. The summed E-state index contributed by atoms with van der Waals surface area (Å²) in [5.41, 5.74) is 5.24. The molecule has 0 amide bonds. The van der Waals surface area contributed by atoms with Crippen molar-refractivity contribution in [3.8, 4) is 11.1 Å². The van der Waals surface area contributed by atoms with Crippen LogP contribution >= 0.6 is 0 Å². The van der Waals surface area contributed by atoms with Crippen molar-refractivity contribution < 1.29 is 0 Å². The van der Waals surface area contributed by atoms with Gasteiger partial charge in [0.05, 0.1) is 0 Å². The summed E-state index contributed by atoms with van der Waals surface area (Å²) in [5.74, 6) is 0. The minimum Gasteiger partial charge on any atom is -0.261 e. The zero-order valence-corrected chi connectivity index (χ0v) is 14.1. The van der Waals surface area contributed by atoms with Crippen LogP contribution in [0.2, 0.25) is 0 Å². The van der Waals surface area contributed by atoms with Crippen molar-refractivity contribution in [1.82, 2.24) is 4.98 Å². The summed E-state index contributed by atoms with van der Waals surface area (Å²) in [4.78, 5) is 4.49. The molecule has 1 aromatic heterocycles. The number of unbranched alkanes of at least 4 members (excludes halogenated alkanes) is 6. The van der Waals surface area contributed by atoms with Gasteiger partial charge in [0.25, 0.3) is 0 Å². The largest absolute Gasteiger partial charge is 0.261 e. The van der Waals surface area contributed by atoms with Crippen LogP contribution in [-0.4, -0.2) is 4.98 Å². The molecule has 1 heterocycles. The zero-order chi connectivity index (χ0) is 15.6. The summed E-state index contributed by atoms with van der Waals surface area (Å²) in [5, 5.41) is 0. The fraction of sp³-hybridized carbons (Fsp3) is 0.476. The molecule has 0 aliphatic rings. The van der Waals surface area contributed by atoms with Crippen LogP contribution in [0.5, 0.6) is 0 Å². The van der Waals surface area contributed by atoms with Gasteiger partial charge in [0.1, 0.15) is 0 Å². The van der Waals surface area contributed by atoms with Gasteiger partial charge in [-0.25, -0.2) is 0 Å². The molecule has 0 radical (unpaired) electrons. The number of rotatable bonds is 9. The molecule has 0 saturated carbocycles. The molecule has 1 nitrogen and oxygen atoms in total. The van der Waals surface area contributed by atoms with E-state index in [9.17, 15) is 0 Å². The fourth-order valence-electron chi connectivity index (χ4n) is 3.10. The third-order valence-electron chi connectivity index (χ3n) is 4.34. The third kappa shape index (κ3) is 4.98. The molecule has 0 unspecified atom stereocenters. The lowest BCUT2D eigenvalue weighted by atomic mass is 9.95. The Hall–Kier alpha value is -1.63. The molecule has 118 valence electrons. The van der Waals surface area contributed by atoms with Gasteiger partial charge in [0, 0.05) is 17.5 Å².